The fourth-order valence-corrected chi connectivity index (χ4v) is 1.04. The smallest absolute Gasteiger partial charge is 0.155 e. The van der Waals surface area contributed by atoms with Crippen LogP contribution in [0.25, 0.3) is 0 Å². The summed E-state index contributed by atoms with van der Waals surface area (Å²) in [6.07, 6.45) is 1.16. The second-order valence-electron chi connectivity index (χ2n) is 2.73. The Morgan fingerprint density at radius 1 is 1.55 bits per heavy atom. The van der Waals surface area contributed by atoms with Crippen LogP contribution in [0.4, 0.5) is 0 Å². The first-order valence-corrected chi connectivity index (χ1v) is 4.17. The van der Waals surface area contributed by atoms with Gasteiger partial charge in [-0.1, -0.05) is 6.92 Å². The molecule has 1 aliphatic rings. The highest BCUT2D eigenvalue weighted by molar-refractivity contribution is 4.61. The van der Waals surface area contributed by atoms with Crippen LogP contribution in [0.3, 0.4) is 0 Å². The summed E-state index contributed by atoms with van der Waals surface area (Å²) in [4.78, 5) is 0. The largest absolute Gasteiger partial charge is 0.379 e. The maximum atomic E-state index is 5.36. The molecular weight excluding hydrogens is 144 g/mol. The third-order valence-corrected chi connectivity index (χ3v) is 1.55. The third kappa shape index (κ3) is 3.18. The number of rotatable bonds is 4. The van der Waals surface area contributed by atoms with Gasteiger partial charge in [0.1, 0.15) is 6.10 Å². The molecule has 1 fully saturated rings. The molecule has 0 aromatic heterocycles. The van der Waals surface area contributed by atoms with Gasteiger partial charge in [0.15, 0.2) is 6.29 Å². The fourth-order valence-electron chi connectivity index (χ4n) is 1.04. The average molecular weight is 160 g/mol. The standard InChI is InChI=1S/C8H16O3/c1-3-4-9-5-8-6-10-7(2)11-8/h7-8H,3-6H2,1-2H3. The molecule has 0 aliphatic carbocycles. The highest BCUT2D eigenvalue weighted by Crippen LogP contribution is 2.10. The lowest BCUT2D eigenvalue weighted by Crippen LogP contribution is -2.18. The van der Waals surface area contributed by atoms with Gasteiger partial charge in [-0.15, -0.1) is 0 Å². The molecule has 0 radical (unpaired) electrons. The number of hydrogen-bond donors (Lipinski definition) is 0. The summed E-state index contributed by atoms with van der Waals surface area (Å²) in [5, 5.41) is 0. The first-order valence-electron chi connectivity index (χ1n) is 4.17. The minimum Gasteiger partial charge on any atom is -0.379 e. The monoisotopic (exact) mass is 160 g/mol. The Hall–Kier alpha value is -0.120. The van der Waals surface area contributed by atoms with Crippen molar-refractivity contribution >= 4 is 0 Å². The molecule has 11 heavy (non-hydrogen) atoms. The predicted octanol–water partition coefficient (Wildman–Crippen LogP) is 1.17. The second-order valence-corrected chi connectivity index (χ2v) is 2.73. The van der Waals surface area contributed by atoms with Gasteiger partial charge in [0.25, 0.3) is 0 Å². The molecule has 0 N–H and O–H groups in total. The van der Waals surface area contributed by atoms with Crippen LogP contribution in [0.2, 0.25) is 0 Å². The van der Waals surface area contributed by atoms with Crippen molar-refractivity contribution in [3.05, 3.63) is 0 Å². The van der Waals surface area contributed by atoms with Crippen molar-refractivity contribution < 1.29 is 14.2 Å². The van der Waals surface area contributed by atoms with Crippen LogP contribution < -0.4 is 0 Å². The molecule has 0 bridgehead atoms. The molecular formula is C8H16O3. The molecule has 0 aromatic carbocycles. The van der Waals surface area contributed by atoms with Crippen LogP contribution >= 0.6 is 0 Å². The Morgan fingerprint density at radius 3 is 2.91 bits per heavy atom. The first-order chi connectivity index (χ1) is 5.33. The van der Waals surface area contributed by atoms with Crippen molar-refractivity contribution in [1.29, 1.82) is 0 Å². The molecule has 0 aromatic rings. The highest BCUT2D eigenvalue weighted by Gasteiger charge is 2.21. The predicted molar refractivity (Wildman–Crippen MR) is 41.4 cm³/mol. The van der Waals surface area contributed by atoms with Gasteiger partial charge in [-0.2, -0.15) is 0 Å². The van der Waals surface area contributed by atoms with Crippen LogP contribution in [0.5, 0.6) is 0 Å². The molecule has 1 rings (SSSR count). The minimum atomic E-state index is -0.0507. The second kappa shape index (κ2) is 4.70. The minimum absolute atomic E-state index is 0.0507. The maximum Gasteiger partial charge on any atom is 0.155 e. The van der Waals surface area contributed by atoms with E-state index in [4.69, 9.17) is 14.2 Å². The quantitative estimate of drug-likeness (QED) is 0.578. The van der Waals surface area contributed by atoms with Gasteiger partial charge in [0.2, 0.25) is 0 Å². The van der Waals surface area contributed by atoms with Crippen LogP contribution in [0.15, 0.2) is 0 Å². The van der Waals surface area contributed by atoms with E-state index < -0.39 is 0 Å². The van der Waals surface area contributed by atoms with Crippen molar-refractivity contribution in [2.24, 2.45) is 0 Å². The Balaban J connectivity index is 1.99. The molecule has 0 saturated carbocycles. The van der Waals surface area contributed by atoms with Crippen molar-refractivity contribution in [3.8, 4) is 0 Å². The zero-order valence-electron chi connectivity index (χ0n) is 7.21. The molecule has 1 aliphatic heterocycles. The highest BCUT2D eigenvalue weighted by atomic mass is 16.7. The molecule has 0 spiro atoms. The van der Waals surface area contributed by atoms with Gasteiger partial charge < -0.3 is 14.2 Å². The summed E-state index contributed by atoms with van der Waals surface area (Å²) >= 11 is 0. The zero-order valence-corrected chi connectivity index (χ0v) is 7.21. The summed E-state index contributed by atoms with van der Waals surface area (Å²) in [6, 6.07) is 0. The maximum absolute atomic E-state index is 5.36. The molecule has 0 amide bonds. The fraction of sp³-hybridized carbons (Fsp3) is 1.00. The summed E-state index contributed by atoms with van der Waals surface area (Å²) < 4.78 is 15.9. The van der Waals surface area contributed by atoms with Crippen LogP contribution in [-0.4, -0.2) is 32.2 Å². The van der Waals surface area contributed by atoms with E-state index in [2.05, 4.69) is 6.92 Å². The lowest BCUT2D eigenvalue weighted by Gasteiger charge is -2.08. The van der Waals surface area contributed by atoms with Crippen LogP contribution in [0.1, 0.15) is 20.3 Å². The molecule has 1 heterocycles. The Bertz CT molecular complexity index is 106. The summed E-state index contributed by atoms with van der Waals surface area (Å²) in [5.74, 6) is 0. The van der Waals surface area contributed by atoms with Crippen molar-refractivity contribution in [2.75, 3.05) is 19.8 Å². The Kier molecular flexibility index (Phi) is 3.83. The van der Waals surface area contributed by atoms with Gasteiger partial charge in [0, 0.05) is 6.61 Å². The van der Waals surface area contributed by atoms with E-state index in [0.717, 1.165) is 13.0 Å². The molecule has 3 nitrogen and oxygen atoms in total. The lowest BCUT2D eigenvalue weighted by atomic mass is 10.4. The zero-order chi connectivity index (χ0) is 8.10. The molecule has 2 atom stereocenters. The van der Waals surface area contributed by atoms with Gasteiger partial charge in [-0.25, -0.2) is 0 Å². The van der Waals surface area contributed by atoms with E-state index >= 15 is 0 Å². The normalized spacial score (nSPS) is 31.1. The van der Waals surface area contributed by atoms with E-state index in [1.165, 1.54) is 0 Å². The lowest BCUT2D eigenvalue weighted by molar-refractivity contribution is -0.0581. The first kappa shape index (κ1) is 8.97. The molecule has 66 valence electrons. The van der Waals surface area contributed by atoms with E-state index in [0.29, 0.717) is 13.2 Å². The average Bonchev–Trinajstić information content (AvgIpc) is 2.37. The third-order valence-electron chi connectivity index (χ3n) is 1.55. The summed E-state index contributed by atoms with van der Waals surface area (Å²) in [5.41, 5.74) is 0. The number of ether oxygens (including phenoxy) is 3. The Morgan fingerprint density at radius 2 is 2.36 bits per heavy atom. The molecule has 2 unspecified atom stereocenters. The van der Waals surface area contributed by atoms with Gasteiger partial charge in [0.05, 0.1) is 13.2 Å². The topological polar surface area (TPSA) is 27.7 Å². The van der Waals surface area contributed by atoms with E-state index in [-0.39, 0.29) is 12.4 Å². The van der Waals surface area contributed by atoms with Gasteiger partial charge in [-0.05, 0) is 13.3 Å². The van der Waals surface area contributed by atoms with Gasteiger partial charge in [-0.3, -0.25) is 0 Å². The van der Waals surface area contributed by atoms with E-state index in [9.17, 15) is 0 Å². The van der Waals surface area contributed by atoms with E-state index in [1.807, 2.05) is 6.92 Å². The van der Waals surface area contributed by atoms with Crippen LogP contribution in [-0.2, 0) is 14.2 Å². The number of hydrogen-bond acceptors (Lipinski definition) is 3. The van der Waals surface area contributed by atoms with Crippen molar-refractivity contribution in [1.82, 2.24) is 0 Å². The Labute approximate surface area is 67.6 Å². The van der Waals surface area contributed by atoms with Crippen molar-refractivity contribution in [3.63, 3.8) is 0 Å². The molecule has 1 saturated heterocycles. The molecule has 3 heteroatoms. The van der Waals surface area contributed by atoms with Gasteiger partial charge >= 0.3 is 0 Å². The van der Waals surface area contributed by atoms with Crippen molar-refractivity contribution in [2.45, 2.75) is 32.7 Å². The summed E-state index contributed by atoms with van der Waals surface area (Å²) in [7, 11) is 0. The SMILES string of the molecule is CCCOCC1COC(C)O1. The summed E-state index contributed by atoms with van der Waals surface area (Å²) in [6.45, 7) is 6.14. The van der Waals surface area contributed by atoms with E-state index in [1.54, 1.807) is 0 Å². The van der Waals surface area contributed by atoms with Crippen LogP contribution in [0, 0.1) is 0 Å².